The quantitative estimate of drug-likeness (QED) is 0.346. The Morgan fingerprint density at radius 1 is 1.10 bits per heavy atom. The molecule has 0 spiro atoms. The van der Waals surface area contributed by atoms with E-state index >= 15 is 0 Å². The number of aliphatic hydroxyl groups excluding tert-OH is 1. The third-order valence-corrected chi connectivity index (χ3v) is 6.95. The normalized spacial score (nSPS) is 32.7. The molecule has 2 amide bonds. The molecular formula is C29H40N2O9. The molecule has 11 nitrogen and oxygen atoms in total. The van der Waals surface area contributed by atoms with E-state index in [2.05, 4.69) is 5.32 Å². The van der Waals surface area contributed by atoms with Crippen LogP contribution < -0.4 is 11.1 Å². The second kappa shape index (κ2) is 14.7. The van der Waals surface area contributed by atoms with Crippen molar-refractivity contribution < 1.29 is 43.2 Å². The summed E-state index contributed by atoms with van der Waals surface area (Å²) in [5, 5.41) is 13.7. The molecule has 0 unspecified atom stereocenters. The fourth-order valence-electron chi connectivity index (χ4n) is 4.78. The minimum Gasteiger partial charge on any atom is -0.492 e. The van der Waals surface area contributed by atoms with Gasteiger partial charge >= 0.3 is 6.09 Å². The number of hydrogen-bond donors (Lipinski definition) is 3. The summed E-state index contributed by atoms with van der Waals surface area (Å²) < 4.78 is 21.7. The minimum absolute atomic E-state index is 0.0801. The van der Waals surface area contributed by atoms with Gasteiger partial charge in [0, 0.05) is 37.4 Å². The van der Waals surface area contributed by atoms with E-state index in [1.807, 2.05) is 6.92 Å². The van der Waals surface area contributed by atoms with Gasteiger partial charge in [-0.3, -0.25) is 14.4 Å². The lowest BCUT2D eigenvalue weighted by atomic mass is 9.85. The molecule has 1 aliphatic heterocycles. The Morgan fingerprint density at radius 2 is 1.77 bits per heavy atom. The van der Waals surface area contributed by atoms with E-state index in [0.717, 1.165) is 6.08 Å². The summed E-state index contributed by atoms with van der Waals surface area (Å²) in [5.41, 5.74) is 6.12. The second-order valence-corrected chi connectivity index (χ2v) is 10.1. The standard InChI is InChI=1S/C29H40N2O9/c1-15-11-19-25(34)20(14-21(32)27(19)39-7)31-28(35)16(2)9-8-10-22(37-5)26(40-29(30)36)18(4)13-17(3)24(33)23(12-15)38-6/h8-10,13-15,17,22-24,26,33H,11-12H2,1-7H3,(H2,30,36)(H,31,35)/b10-8-,16-9+,18-13-/t15-,17-,22-,23-,24+,26-/m1/s1. The molecule has 0 aromatic carbocycles. The highest BCUT2D eigenvalue weighted by molar-refractivity contribution is 6.23. The van der Waals surface area contributed by atoms with Gasteiger partial charge in [0.1, 0.15) is 6.10 Å². The molecule has 6 atom stereocenters. The van der Waals surface area contributed by atoms with Crippen molar-refractivity contribution in [2.24, 2.45) is 17.6 Å². The summed E-state index contributed by atoms with van der Waals surface area (Å²) in [7, 11) is 4.21. The van der Waals surface area contributed by atoms with E-state index in [1.165, 1.54) is 34.3 Å². The zero-order valence-corrected chi connectivity index (χ0v) is 24.1. The Labute approximate surface area is 234 Å². The first-order valence-electron chi connectivity index (χ1n) is 13.0. The zero-order chi connectivity index (χ0) is 30.1. The molecule has 0 saturated carbocycles. The van der Waals surface area contributed by atoms with Crippen LogP contribution in [0.25, 0.3) is 0 Å². The first-order valence-corrected chi connectivity index (χ1v) is 13.0. The molecule has 220 valence electrons. The van der Waals surface area contributed by atoms with Crippen molar-refractivity contribution in [3.05, 3.63) is 58.6 Å². The SMILES string of the molecule is COC1=C2C[C@@H](C)C[C@@H](OC)[C@@H](O)[C@H](C)/C=C(/C)[C@@H](OC(N)=O)[C@H](OC)/C=C\C=C(/C)C(=O)NC(=CC1=O)C2=O. The average Bonchev–Trinajstić information content (AvgIpc) is 2.90. The Hall–Kier alpha value is -3.54. The fraction of sp³-hybridized carbons (Fsp3) is 0.517. The summed E-state index contributed by atoms with van der Waals surface area (Å²) in [4.78, 5) is 50.6. The summed E-state index contributed by atoms with van der Waals surface area (Å²) in [6.07, 6.45) is 3.61. The van der Waals surface area contributed by atoms with Crippen LogP contribution in [0.4, 0.5) is 4.79 Å². The van der Waals surface area contributed by atoms with Crippen molar-refractivity contribution in [1.29, 1.82) is 0 Å². The number of ketones is 2. The second-order valence-electron chi connectivity index (χ2n) is 10.1. The lowest BCUT2D eigenvalue weighted by Crippen LogP contribution is -2.37. The van der Waals surface area contributed by atoms with E-state index < -0.39 is 53.9 Å². The zero-order valence-electron chi connectivity index (χ0n) is 24.1. The average molecular weight is 561 g/mol. The van der Waals surface area contributed by atoms with Gasteiger partial charge in [0.2, 0.25) is 11.6 Å². The van der Waals surface area contributed by atoms with Gasteiger partial charge in [-0.05, 0) is 38.2 Å². The van der Waals surface area contributed by atoms with E-state index in [1.54, 1.807) is 32.1 Å². The van der Waals surface area contributed by atoms with Crippen molar-refractivity contribution in [1.82, 2.24) is 5.32 Å². The number of ether oxygens (including phenoxy) is 4. The third-order valence-electron chi connectivity index (χ3n) is 6.95. The molecule has 2 aliphatic rings. The maximum atomic E-state index is 13.3. The lowest BCUT2D eigenvalue weighted by molar-refractivity contribution is -0.120. The summed E-state index contributed by atoms with van der Waals surface area (Å²) in [6, 6.07) is 0. The van der Waals surface area contributed by atoms with Crippen molar-refractivity contribution in [3.63, 3.8) is 0 Å². The number of carbonyl (C=O) groups is 4. The number of hydrogen-bond acceptors (Lipinski definition) is 9. The number of fused-ring (bicyclic) bond motifs is 2. The van der Waals surface area contributed by atoms with E-state index in [0.29, 0.717) is 12.0 Å². The highest BCUT2D eigenvalue weighted by Crippen LogP contribution is 2.29. The van der Waals surface area contributed by atoms with Gasteiger partial charge in [0.25, 0.3) is 5.91 Å². The number of rotatable bonds is 4. The topological polar surface area (TPSA) is 163 Å². The smallest absolute Gasteiger partial charge is 0.405 e. The number of amides is 2. The molecule has 2 rings (SSSR count). The monoisotopic (exact) mass is 560 g/mol. The van der Waals surface area contributed by atoms with Gasteiger partial charge in [-0.15, -0.1) is 0 Å². The predicted molar refractivity (Wildman–Crippen MR) is 147 cm³/mol. The molecule has 1 heterocycles. The van der Waals surface area contributed by atoms with Gasteiger partial charge in [0.05, 0.1) is 25.0 Å². The van der Waals surface area contributed by atoms with Crippen molar-refractivity contribution >= 4 is 23.6 Å². The van der Waals surface area contributed by atoms with Crippen LogP contribution in [0.3, 0.4) is 0 Å². The van der Waals surface area contributed by atoms with Crippen LogP contribution in [0.15, 0.2) is 58.6 Å². The molecule has 0 fully saturated rings. The number of nitrogens with two attached hydrogens (primary N) is 1. The first-order chi connectivity index (χ1) is 18.8. The summed E-state index contributed by atoms with van der Waals surface area (Å²) in [5.74, 6) is -2.39. The number of methoxy groups -OCH3 is 3. The van der Waals surface area contributed by atoms with Crippen LogP contribution in [0, 0.1) is 11.8 Å². The number of Topliss-reactive ketones (excluding diaryl/α,β-unsaturated/α-hetero) is 1. The number of carbonyl (C=O) groups excluding carboxylic acids is 4. The van der Waals surface area contributed by atoms with Crippen LogP contribution in [0.2, 0.25) is 0 Å². The molecule has 0 aromatic heterocycles. The Bertz CT molecular complexity index is 1150. The molecule has 0 aromatic rings. The molecule has 4 N–H and O–H groups in total. The predicted octanol–water partition coefficient (Wildman–Crippen LogP) is 2.41. The maximum absolute atomic E-state index is 13.3. The molecule has 0 saturated heterocycles. The molecule has 1 aliphatic carbocycles. The summed E-state index contributed by atoms with van der Waals surface area (Å²) >= 11 is 0. The maximum Gasteiger partial charge on any atom is 0.405 e. The Balaban J connectivity index is 2.60. The highest BCUT2D eigenvalue weighted by Gasteiger charge is 2.34. The third kappa shape index (κ3) is 8.23. The largest absolute Gasteiger partial charge is 0.492 e. The van der Waals surface area contributed by atoms with Crippen molar-refractivity contribution in [3.8, 4) is 0 Å². The van der Waals surface area contributed by atoms with E-state index in [-0.39, 0.29) is 34.9 Å². The number of allylic oxidation sites excluding steroid dienone is 4. The van der Waals surface area contributed by atoms with Gasteiger partial charge < -0.3 is 35.1 Å². The van der Waals surface area contributed by atoms with Crippen LogP contribution in [-0.4, -0.2) is 74.4 Å². The number of primary amides is 1. The fourth-order valence-corrected chi connectivity index (χ4v) is 4.78. The number of aliphatic hydroxyl groups is 1. The summed E-state index contributed by atoms with van der Waals surface area (Å²) in [6.45, 7) is 6.92. The van der Waals surface area contributed by atoms with Gasteiger partial charge in [0.15, 0.2) is 11.9 Å². The van der Waals surface area contributed by atoms with Crippen LogP contribution in [0.1, 0.15) is 40.5 Å². The lowest BCUT2D eigenvalue weighted by Gasteiger charge is -2.29. The van der Waals surface area contributed by atoms with Gasteiger partial charge in [-0.25, -0.2) is 4.79 Å². The number of nitrogens with one attached hydrogen (secondary N) is 1. The van der Waals surface area contributed by atoms with Gasteiger partial charge in [-0.1, -0.05) is 38.2 Å². The molecule has 0 radical (unpaired) electrons. The Kier molecular flexibility index (Phi) is 12.0. The van der Waals surface area contributed by atoms with E-state index in [9.17, 15) is 24.3 Å². The molecule has 11 heteroatoms. The van der Waals surface area contributed by atoms with Crippen molar-refractivity contribution in [2.75, 3.05) is 21.3 Å². The Morgan fingerprint density at radius 3 is 2.35 bits per heavy atom. The van der Waals surface area contributed by atoms with Crippen molar-refractivity contribution in [2.45, 2.75) is 65.0 Å². The van der Waals surface area contributed by atoms with Gasteiger partial charge in [-0.2, -0.15) is 0 Å². The van der Waals surface area contributed by atoms with Crippen LogP contribution in [0.5, 0.6) is 0 Å². The molecular weight excluding hydrogens is 520 g/mol. The van der Waals surface area contributed by atoms with Crippen LogP contribution >= 0.6 is 0 Å². The molecule has 40 heavy (non-hydrogen) atoms. The highest BCUT2D eigenvalue weighted by atomic mass is 16.6. The first kappa shape index (κ1) is 32.7. The molecule has 2 bridgehead atoms. The van der Waals surface area contributed by atoms with E-state index in [4.69, 9.17) is 24.7 Å². The minimum atomic E-state index is -1.00. The van der Waals surface area contributed by atoms with Crippen LogP contribution in [-0.2, 0) is 33.3 Å².